The maximum atomic E-state index is 13.3. The lowest BCUT2D eigenvalue weighted by Gasteiger charge is -2.36. The van der Waals surface area contributed by atoms with E-state index in [-0.39, 0.29) is 23.7 Å². The van der Waals surface area contributed by atoms with Crippen molar-refractivity contribution in [1.82, 2.24) is 9.47 Å². The van der Waals surface area contributed by atoms with E-state index < -0.39 is 0 Å². The summed E-state index contributed by atoms with van der Waals surface area (Å²) in [5.41, 5.74) is 3.31. The molecule has 1 aromatic heterocycles. The average Bonchev–Trinajstić information content (AvgIpc) is 2.86. The Morgan fingerprint density at radius 1 is 0.758 bits per heavy atom. The number of piperazine rings is 1. The number of Topliss-reactive ketones (excluding diaryl/α,β-unsaturated/α-hetero) is 1. The molecular formula is C27H25N3O3. The van der Waals surface area contributed by atoms with Gasteiger partial charge in [0.15, 0.2) is 11.2 Å². The zero-order valence-electron chi connectivity index (χ0n) is 18.5. The van der Waals surface area contributed by atoms with Crippen LogP contribution in [0.3, 0.4) is 0 Å². The molecule has 0 radical (unpaired) electrons. The maximum absolute atomic E-state index is 13.3. The van der Waals surface area contributed by atoms with Gasteiger partial charge in [-0.15, -0.1) is 0 Å². The van der Waals surface area contributed by atoms with E-state index in [2.05, 4.69) is 4.90 Å². The summed E-state index contributed by atoms with van der Waals surface area (Å²) in [5.74, 6) is 0.0973. The van der Waals surface area contributed by atoms with Crippen molar-refractivity contribution in [2.75, 3.05) is 31.1 Å². The lowest BCUT2D eigenvalue weighted by atomic mass is 10.1. The topological polar surface area (TPSA) is 62.6 Å². The summed E-state index contributed by atoms with van der Waals surface area (Å²) in [6.07, 6.45) is 0. The van der Waals surface area contributed by atoms with Crippen LogP contribution in [0.15, 0.2) is 77.6 Å². The van der Waals surface area contributed by atoms with Gasteiger partial charge in [-0.2, -0.15) is 0 Å². The Kier molecular flexibility index (Phi) is 5.42. The lowest BCUT2D eigenvalue weighted by Crippen LogP contribution is -2.49. The molecule has 0 saturated carbocycles. The molecule has 4 aromatic rings. The van der Waals surface area contributed by atoms with E-state index in [0.717, 1.165) is 29.8 Å². The Morgan fingerprint density at radius 3 is 1.85 bits per heavy atom. The van der Waals surface area contributed by atoms with Crippen LogP contribution in [-0.2, 0) is 11.3 Å². The average molecular weight is 440 g/mol. The van der Waals surface area contributed by atoms with Gasteiger partial charge in [-0.25, -0.2) is 0 Å². The van der Waals surface area contributed by atoms with Gasteiger partial charge in [0.1, 0.15) is 6.54 Å². The van der Waals surface area contributed by atoms with E-state index in [1.165, 1.54) is 0 Å². The van der Waals surface area contributed by atoms with E-state index in [1.54, 1.807) is 6.92 Å². The second kappa shape index (κ2) is 8.54. The Morgan fingerprint density at radius 2 is 1.30 bits per heavy atom. The Bertz CT molecular complexity index is 1350. The van der Waals surface area contributed by atoms with Crippen LogP contribution in [0.25, 0.3) is 21.8 Å². The highest BCUT2D eigenvalue weighted by molar-refractivity contribution is 5.95. The van der Waals surface area contributed by atoms with E-state index >= 15 is 0 Å². The second-order valence-corrected chi connectivity index (χ2v) is 8.42. The number of pyridine rings is 1. The largest absolute Gasteiger partial charge is 0.368 e. The third kappa shape index (κ3) is 3.89. The summed E-state index contributed by atoms with van der Waals surface area (Å²) in [6, 6.07) is 22.6. The Balaban J connectivity index is 1.36. The molecule has 0 bridgehead atoms. The minimum Gasteiger partial charge on any atom is -0.368 e. The van der Waals surface area contributed by atoms with Gasteiger partial charge < -0.3 is 14.4 Å². The zero-order valence-corrected chi connectivity index (χ0v) is 18.5. The number of rotatable bonds is 4. The highest BCUT2D eigenvalue weighted by Gasteiger charge is 2.23. The quantitative estimate of drug-likeness (QED) is 0.359. The van der Waals surface area contributed by atoms with Gasteiger partial charge >= 0.3 is 0 Å². The summed E-state index contributed by atoms with van der Waals surface area (Å²) in [6.45, 7) is 4.48. The number of aromatic nitrogens is 1. The summed E-state index contributed by atoms with van der Waals surface area (Å²) in [4.78, 5) is 41.8. The fourth-order valence-corrected chi connectivity index (χ4v) is 4.60. The van der Waals surface area contributed by atoms with Crippen LogP contribution in [-0.4, -0.2) is 47.3 Å². The van der Waals surface area contributed by atoms with Crippen LogP contribution >= 0.6 is 0 Å². The summed E-state index contributed by atoms with van der Waals surface area (Å²) in [5, 5.41) is 1.26. The van der Waals surface area contributed by atoms with Crippen molar-refractivity contribution in [3.8, 4) is 0 Å². The first kappa shape index (κ1) is 20.9. The van der Waals surface area contributed by atoms with Crippen LogP contribution in [0.5, 0.6) is 0 Å². The molecule has 1 fully saturated rings. The predicted octanol–water partition coefficient (Wildman–Crippen LogP) is 3.71. The third-order valence-corrected chi connectivity index (χ3v) is 6.44. The van der Waals surface area contributed by atoms with Crippen LogP contribution in [0.4, 0.5) is 5.69 Å². The molecule has 166 valence electrons. The van der Waals surface area contributed by atoms with Crippen molar-refractivity contribution in [2.24, 2.45) is 0 Å². The molecule has 0 aliphatic carbocycles. The highest BCUT2D eigenvalue weighted by Crippen LogP contribution is 2.21. The normalized spacial score (nSPS) is 14.1. The molecule has 0 N–H and O–H groups in total. The molecule has 33 heavy (non-hydrogen) atoms. The number of carbonyl (C=O) groups excluding carboxylic acids is 2. The Labute approximate surface area is 191 Å². The number of hydrogen-bond donors (Lipinski definition) is 0. The number of fused-ring (bicyclic) bond motifs is 2. The molecule has 1 amide bonds. The number of carbonyl (C=O) groups is 2. The molecule has 3 aromatic carbocycles. The first-order valence-electron chi connectivity index (χ1n) is 11.2. The third-order valence-electron chi connectivity index (χ3n) is 6.44. The number of anilines is 1. The van der Waals surface area contributed by atoms with Crippen LogP contribution in [0, 0.1) is 0 Å². The molecule has 1 saturated heterocycles. The molecule has 6 nitrogen and oxygen atoms in total. The monoisotopic (exact) mass is 439 g/mol. The van der Waals surface area contributed by atoms with E-state index in [1.807, 2.05) is 82.3 Å². The van der Waals surface area contributed by atoms with Gasteiger partial charge in [-0.1, -0.05) is 24.3 Å². The second-order valence-electron chi connectivity index (χ2n) is 8.42. The number of benzene rings is 3. The minimum absolute atomic E-state index is 0.00527. The van der Waals surface area contributed by atoms with Crippen molar-refractivity contribution in [2.45, 2.75) is 13.5 Å². The molecule has 2 heterocycles. The molecule has 0 atom stereocenters. The van der Waals surface area contributed by atoms with Crippen LogP contribution < -0.4 is 10.3 Å². The molecule has 1 aliphatic heterocycles. The number of para-hydroxylation sites is 2. The summed E-state index contributed by atoms with van der Waals surface area (Å²) >= 11 is 0. The SMILES string of the molecule is CC(=O)c1ccc(N2CCN(C(=O)Cn3c4ccccc4c(=O)c4ccccc43)CC2)cc1. The zero-order chi connectivity index (χ0) is 22.9. The lowest BCUT2D eigenvalue weighted by molar-refractivity contribution is -0.132. The van der Waals surface area contributed by atoms with Crippen molar-refractivity contribution in [3.63, 3.8) is 0 Å². The summed E-state index contributed by atoms with van der Waals surface area (Å²) in [7, 11) is 0. The van der Waals surface area contributed by atoms with E-state index in [0.29, 0.717) is 29.4 Å². The number of nitrogens with zero attached hydrogens (tertiary/aromatic N) is 3. The van der Waals surface area contributed by atoms with Crippen molar-refractivity contribution < 1.29 is 9.59 Å². The van der Waals surface area contributed by atoms with Crippen LogP contribution in [0.1, 0.15) is 17.3 Å². The molecule has 0 spiro atoms. The van der Waals surface area contributed by atoms with Gasteiger partial charge in [0.05, 0.1) is 11.0 Å². The van der Waals surface area contributed by atoms with Crippen molar-refractivity contribution in [3.05, 3.63) is 88.6 Å². The standard InChI is InChI=1S/C27H25N3O3/c1-19(31)20-10-12-21(13-11-20)28-14-16-29(17-15-28)26(32)18-30-24-8-4-2-6-22(24)27(33)23-7-3-5-9-25(23)30/h2-13H,14-18H2,1H3. The Hall–Kier alpha value is -3.93. The van der Waals surface area contributed by atoms with Gasteiger partial charge in [0.2, 0.25) is 5.91 Å². The van der Waals surface area contributed by atoms with Gasteiger partial charge in [0.25, 0.3) is 0 Å². The highest BCUT2D eigenvalue weighted by atomic mass is 16.2. The molecule has 1 aliphatic rings. The minimum atomic E-state index is -0.00527. The van der Waals surface area contributed by atoms with E-state index in [4.69, 9.17) is 0 Å². The van der Waals surface area contributed by atoms with Crippen molar-refractivity contribution in [1.29, 1.82) is 0 Å². The van der Waals surface area contributed by atoms with Crippen LogP contribution in [0.2, 0.25) is 0 Å². The smallest absolute Gasteiger partial charge is 0.242 e. The van der Waals surface area contributed by atoms with Gasteiger partial charge in [-0.05, 0) is 55.5 Å². The predicted molar refractivity (Wildman–Crippen MR) is 131 cm³/mol. The first-order valence-corrected chi connectivity index (χ1v) is 11.2. The number of amides is 1. The maximum Gasteiger partial charge on any atom is 0.242 e. The van der Waals surface area contributed by atoms with Gasteiger partial charge in [-0.3, -0.25) is 14.4 Å². The number of ketones is 1. The molecule has 6 heteroatoms. The summed E-state index contributed by atoms with van der Waals surface area (Å²) < 4.78 is 1.96. The van der Waals surface area contributed by atoms with Gasteiger partial charge in [0, 0.05) is 48.2 Å². The first-order chi connectivity index (χ1) is 16.0. The molecular weight excluding hydrogens is 414 g/mol. The van der Waals surface area contributed by atoms with Crippen molar-refractivity contribution >= 4 is 39.2 Å². The number of hydrogen-bond acceptors (Lipinski definition) is 4. The fraction of sp³-hybridized carbons (Fsp3) is 0.222. The molecule has 5 rings (SSSR count). The fourth-order valence-electron chi connectivity index (χ4n) is 4.60. The molecule has 0 unspecified atom stereocenters. The van der Waals surface area contributed by atoms with E-state index in [9.17, 15) is 14.4 Å².